The summed E-state index contributed by atoms with van der Waals surface area (Å²) in [5.41, 5.74) is 2.77. The molecule has 0 N–H and O–H groups in total. The second kappa shape index (κ2) is 5.20. The number of rotatable bonds is 2. The van der Waals surface area contributed by atoms with E-state index >= 15 is 0 Å². The van der Waals surface area contributed by atoms with Crippen LogP contribution in [0.3, 0.4) is 0 Å². The van der Waals surface area contributed by atoms with Gasteiger partial charge >= 0.3 is 6.09 Å². The monoisotopic (exact) mass is 329 g/mol. The summed E-state index contributed by atoms with van der Waals surface area (Å²) in [6, 6.07) is 7.54. The molecule has 1 aliphatic heterocycles. The fourth-order valence-corrected chi connectivity index (χ4v) is 2.85. The van der Waals surface area contributed by atoms with Crippen LogP contribution >= 0.6 is 11.6 Å². The molecule has 3 aromatic rings. The third-order valence-electron chi connectivity index (χ3n) is 3.65. The van der Waals surface area contributed by atoms with Gasteiger partial charge in [-0.05, 0) is 25.1 Å². The molecule has 116 valence electrons. The second-order valence-electron chi connectivity index (χ2n) is 5.13. The molecule has 23 heavy (non-hydrogen) atoms. The highest BCUT2D eigenvalue weighted by molar-refractivity contribution is 6.33. The molecule has 1 saturated heterocycles. The van der Waals surface area contributed by atoms with Gasteiger partial charge in [-0.3, -0.25) is 9.47 Å². The van der Waals surface area contributed by atoms with Crippen LogP contribution in [0, 0.1) is 6.92 Å². The number of amides is 1. The number of carbonyl (C=O) groups is 1. The zero-order valence-corrected chi connectivity index (χ0v) is 13.0. The molecule has 1 aliphatic rings. The Morgan fingerprint density at radius 1 is 1.26 bits per heavy atom. The molecule has 0 radical (unpaired) electrons. The van der Waals surface area contributed by atoms with E-state index in [1.807, 2.05) is 28.8 Å². The van der Waals surface area contributed by atoms with E-state index in [2.05, 4.69) is 15.0 Å². The van der Waals surface area contributed by atoms with Gasteiger partial charge in [-0.2, -0.15) is 0 Å². The maximum Gasteiger partial charge on any atom is 0.414 e. The lowest BCUT2D eigenvalue weighted by Gasteiger charge is -2.14. The third-order valence-corrected chi connectivity index (χ3v) is 3.91. The number of imidazole rings is 1. The summed E-state index contributed by atoms with van der Waals surface area (Å²) in [6.07, 6.45) is 1.31. The number of carbonyl (C=O) groups excluding carboxylic acids is 1. The van der Waals surface area contributed by atoms with Gasteiger partial charge in [0.05, 0.1) is 12.2 Å². The number of halogens is 1. The first-order chi connectivity index (χ1) is 11.1. The molecule has 0 bridgehead atoms. The molecule has 2 aromatic heterocycles. The Kier molecular flexibility index (Phi) is 3.16. The van der Waals surface area contributed by atoms with Crippen LogP contribution in [-0.2, 0) is 4.74 Å². The van der Waals surface area contributed by atoms with E-state index < -0.39 is 0 Å². The Morgan fingerprint density at radius 2 is 2.09 bits per heavy atom. The summed E-state index contributed by atoms with van der Waals surface area (Å²) in [5.74, 6) is 0.573. The zero-order chi connectivity index (χ0) is 16.0. The highest BCUT2D eigenvalue weighted by atomic mass is 35.5. The van der Waals surface area contributed by atoms with Crippen molar-refractivity contribution in [2.24, 2.45) is 0 Å². The SMILES string of the molecule is Cc1nc(Cl)c2ncn(-c3cccc(N4CCOC4=O)c3)c2n1. The summed E-state index contributed by atoms with van der Waals surface area (Å²) < 4.78 is 6.80. The maximum absolute atomic E-state index is 11.7. The fourth-order valence-electron chi connectivity index (χ4n) is 2.60. The van der Waals surface area contributed by atoms with E-state index in [0.29, 0.717) is 35.3 Å². The van der Waals surface area contributed by atoms with Gasteiger partial charge in [-0.15, -0.1) is 0 Å². The number of anilines is 1. The number of aromatic nitrogens is 4. The van der Waals surface area contributed by atoms with Crippen LogP contribution in [0.5, 0.6) is 0 Å². The normalized spacial score (nSPS) is 14.5. The van der Waals surface area contributed by atoms with Gasteiger partial charge in [-0.1, -0.05) is 17.7 Å². The smallest absolute Gasteiger partial charge is 0.414 e. The van der Waals surface area contributed by atoms with Gasteiger partial charge in [0.15, 0.2) is 10.8 Å². The number of cyclic esters (lactones) is 1. The number of hydrogen-bond donors (Lipinski definition) is 0. The van der Waals surface area contributed by atoms with Gasteiger partial charge in [0.1, 0.15) is 24.3 Å². The molecule has 1 fully saturated rings. The molecule has 0 aliphatic carbocycles. The minimum Gasteiger partial charge on any atom is -0.447 e. The first-order valence-electron chi connectivity index (χ1n) is 7.05. The number of fused-ring (bicyclic) bond motifs is 1. The highest BCUT2D eigenvalue weighted by Crippen LogP contribution is 2.25. The lowest BCUT2D eigenvalue weighted by Crippen LogP contribution is -2.23. The second-order valence-corrected chi connectivity index (χ2v) is 5.49. The summed E-state index contributed by atoms with van der Waals surface area (Å²) in [5, 5.41) is 0.325. The molecule has 7 nitrogen and oxygen atoms in total. The molecule has 4 rings (SSSR count). The van der Waals surface area contributed by atoms with Crippen molar-refractivity contribution in [3.63, 3.8) is 0 Å². The molecule has 0 atom stereocenters. The Hall–Kier alpha value is -2.67. The van der Waals surface area contributed by atoms with Gasteiger partial charge in [0.25, 0.3) is 0 Å². The largest absolute Gasteiger partial charge is 0.447 e. The summed E-state index contributed by atoms with van der Waals surface area (Å²) in [7, 11) is 0. The van der Waals surface area contributed by atoms with E-state index in [-0.39, 0.29) is 6.09 Å². The van der Waals surface area contributed by atoms with Crippen molar-refractivity contribution in [2.45, 2.75) is 6.92 Å². The highest BCUT2D eigenvalue weighted by Gasteiger charge is 2.24. The van der Waals surface area contributed by atoms with E-state index in [9.17, 15) is 4.79 Å². The molecule has 0 unspecified atom stereocenters. The van der Waals surface area contributed by atoms with Crippen LogP contribution in [-0.4, -0.2) is 38.8 Å². The lowest BCUT2D eigenvalue weighted by molar-refractivity contribution is 0.181. The standard InChI is InChI=1S/C15H12ClN5O2/c1-9-18-13(16)12-14(19-9)21(8-17-12)11-4-2-3-10(7-11)20-5-6-23-15(20)22/h2-4,7-8H,5-6H2,1H3. The predicted octanol–water partition coefficient (Wildman–Crippen LogP) is 2.73. The molecule has 8 heteroatoms. The van der Waals surface area contributed by atoms with Crippen molar-refractivity contribution in [1.29, 1.82) is 0 Å². The molecule has 0 saturated carbocycles. The van der Waals surface area contributed by atoms with Crippen molar-refractivity contribution in [2.75, 3.05) is 18.1 Å². The van der Waals surface area contributed by atoms with Gasteiger partial charge in [-0.25, -0.2) is 19.7 Å². The van der Waals surface area contributed by atoms with Crippen LogP contribution < -0.4 is 4.90 Å². The molecular weight excluding hydrogens is 318 g/mol. The van der Waals surface area contributed by atoms with Crippen molar-refractivity contribution < 1.29 is 9.53 Å². The van der Waals surface area contributed by atoms with Crippen molar-refractivity contribution in [3.8, 4) is 5.69 Å². The first kappa shape index (κ1) is 14.0. The zero-order valence-electron chi connectivity index (χ0n) is 12.2. The molecule has 3 heterocycles. The molecule has 1 amide bonds. The molecular formula is C15H12ClN5O2. The average Bonchev–Trinajstić information content (AvgIpc) is 3.13. The number of ether oxygens (including phenoxy) is 1. The van der Waals surface area contributed by atoms with Crippen molar-refractivity contribution in [3.05, 3.63) is 41.6 Å². The topological polar surface area (TPSA) is 73.1 Å². The third kappa shape index (κ3) is 2.29. The minimum absolute atomic E-state index is 0.325. The van der Waals surface area contributed by atoms with Crippen LogP contribution in [0.25, 0.3) is 16.9 Å². The van der Waals surface area contributed by atoms with E-state index in [1.54, 1.807) is 18.2 Å². The number of hydrogen-bond acceptors (Lipinski definition) is 5. The molecule has 0 spiro atoms. The summed E-state index contributed by atoms with van der Waals surface area (Å²) in [4.78, 5) is 26.1. The predicted molar refractivity (Wildman–Crippen MR) is 85.1 cm³/mol. The summed E-state index contributed by atoms with van der Waals surface area (Å²) >= 11 is 6.12. The van der Waals surface area contributed by atoms with Crippen LogP contribution in [0.4, 0.5) is 10.5 Å². The van der Waals surface area contributed by atoms with Gasteiger partial charge < -0.3 is 4.74 Å². The molecule has 1 aromatic carbocycles. The minimum atomic E-state index is -0.334. The maximum atomic E-state index is 11.7. The van der Waals surface area contributed by atoms with Crippen molar-refractivity contribution >= 4 is 34.5 Å². The Morgan fingerprint density at radius 3 is 2.87 bits per heavy atom. The summed E-state index contributed by atoms with van der Waals surface area (Å²) in [6.45, 7) is 2.72. The fraction of sp³-hybridized carbons (Fsp3) is 0.200. The average molecular weight is 330 g/mol. The van der Waals surface area contributed by atoms with Gasteiger partial charge in [0, 0.05) is 5.69 Å². The van der Waals surface area contributed by atoms with E-state index in [4.69, 9.17) is 16.3 Å². The lowest BCUT2D eigenvalue weighted by atomic mass is 10.2. The van der Waals surface area contributed by atoms with Gasteiger partial charge in [0.2, 0.25) is 0 Å². The quantitative estimate of drug-likeness (QED) is 0.676. The Labute approximate surface area is 136 Å². The number of aryl methyl sites for hydroxylation is 1. The van der Waals surface area contributed by atoms with E-state index in [0.717, 1.165) is 11.4 Å². The van der Waals surface area contributed by atoms with Crippen LogP contribution in [0.15, 0.2) is 30.6 Å². The number of nitrogens with zero attached hydrogens (tertiary/aromatic N) is 5. The Bertz CT molecular complexity index is 923. The van der Waals surface area contributed by atoms with E-state index in [1.165, 1.54) is 0 Å². The van der Waals surface area contributed by atoms with Crippen molar-refractivity contribution in [1.82, 2.24) is 19.5 Å². The Balaban J connectivity index is 1.84. The first-order valence-corrected chi connectivity index (χ1v) is 7.43. The van der Waals surface area contributed by atoms with Crippen LogP contribution in [0.2, 0.25) is 5.15 Å². The number of benzene rings is 1. The van der Waals surface area contributed by atoms with Crippen LogP contribution in [0.1, 0.15) is 5.82 Å².